The maximum atomic E-state index is 13.9. The fourth-order valence-electron chi connectivity index (χ4n) is 3.96. The van der Waals surface area contributed by atoms with Crippen LogP contribution in [0.2, 0.25) is 10.0 Å². The number of para-hydroxylation sites is 1. The van der Waals surface area contributed by atoms with Crippen LogP contribution in [0.3, 0.4) is 0 Å². The molecular formula is C29H33Cl2N3O5S. The molecule has 0 fully saturated rings. The van der Waals surface area contributed by atoms with Gasteiger partial charge in [0, 0.05) is 28.7 Å². The predicted molar refractivity (Wildman–Crippen MR) is 158 cm³/mol. The average Bonchev–Trinajstić information content (AvgIpc) is 2.95. The maximum absolute atomic E-state index is 13.9. The number of benzene rings is 3. The van der Waals surface area contributed by atoms with Gasteiger partial charge in [-0.05, 0) is 68.8 Å². The van der Waals surface area contributed by atoms with Crippen molar-refractivity contribution in [3.05, 3.63) is 88.4 Å². The second kappa shape index (κ2) is 14.4. The molecule has 3 aromatic carbocycles. The van der Waals surface area contributed by atoms with Crippen LogP contribution >= 0.6 is 23.2 Å². The SMILES string of the molecule is CCCNC(=O)[C@H](C)N(Cc1c(Cl)cccc1Cl)C(=O)CN(c1ccccc1)S(=O)(=O)c1ccc(OCC)cc1. The first-order valence-corrected chi connectivity index (χ1v) is 15.1. The lowest BCUT2D eigenvalue weighted by atomic mass is 10.1. The molecule has 0 bridgehead atoms. The third kappa shape index (κ3) is 7.68. The van der Waals surface area contributed by atoms with Gasteiger partial charge in [0.1, 0.15) is 18.3 Å². The zero-order chi connectivity index (χ0) is 29.3. The molecule has 0 saturated heterocycles. The quantitative estimate of drug-likeness (QED) is 0.276. The van der Waals surface area contributed by atoms with Crippen LogP contribution in [0.4, 0.5) is 5.69 Å². The molecule has 0 aliphatic carbocycles. The molecule has 8 nitrogen and oxygen atoms in total. The topological polar surface area (TPSA) is 96.0 Å². The number of carbonyl (C=O) groups excluding carboxylic acids is 2. The number of ether oxygens (including phenoxy) is 1. The molecule has 0 aliphatic rings. The Morgan fingerprint density at radius 1 is 0.925 bits per heavy atom. The molecule has 214 valence electrons. The van der Waals surface area contributed by atoms with E-state index in [1.165, 1.54) is 17.0 Å². The Labute approximate surface area is 245 Å². The van der Waals surface area contributed by atoms with Crippen molar-refractivity contribution in [3.63, 3.8) is 0 Å². The summed E-state index contributed by atoms with van der Waals surface area (Å²) >= 11 is 12.8. The summed E-state index contributed by atoms with van der Waals surface area (Å²) in [5, 5.41) is 3.45. The highest BCUT2D eigenvalue weighted by molar-refractivity contribution is 7.92. The largest absolute Gasteiger partial charge is 0.494 e. The summed E-state index contributed by atoms with van der Waals surface area (Å²) in [4.78, 5) is 28.2. The van der Waals surface area contributed by atoms with E-state index in [0.717, 1.165) is 4.31 Å². The van der Waals surface area contributed by atoms with Crippen molar-refractivity contribution in [2.75, 3.05) is 24.0 Å². The molecule has 0 aromatic heterocycles. The van der Waals surface area contributed by atoms with Gasteiger partial charge in [0.05, 0.1) is 17.2 Å². The van der Waals surface area contributed by atoms with Crippen molar-refractivity contribution in [1.82, 2.24) is 10.2 Å². The molecule has 0 unspecified atom stereocenters. The molecule has 3 aromatic rings. The van der Waals surface area contributed by atoms with Crippen LogP contribution < -0.4 is 14.4 Å². The van der Waals surface area contributed by atoms with E-state index in [2.05, 4.69) is 5.32 Å². The number of sulfonamides is 1. The second-order valence-electron chi connectivity index (χ2n) is 8.94. The fraction of sp³-hybridized carbons (Fsp3) is 0.310. The van der Waals surface area contributed by atoms with Gasteiger partial charge in [0.2, 0.25) is 11.8 Å². The first kappa shape index (κ1) is 31.3. The third-order valence-electron chi connectivity index (χ3n) is 6.15. The van der Waals surface area contributed by atoms with Crippen LogP contribution in [0.25, 0.3) is 0 Å². The Morgan fingerprint density at radius 2 is 1.55 bits per heavy atom. The summed E-state index contributed by atoms with van der Waals surface area (Å²) in [5.74, 6) is -0.453. The van der Waals surface area contributed by atoms with Crippen molar-refractivity contribution in [1.29, 1.82) is 0 Å². The highest BCUT2D eigenvalue weighted by Crippen LogP contribution is 2.28. The Kier molecular flexibility index (Phi) is 11.2. The van der Waals surface area contributed by atoms with Crippen molar-refractivity contribution >= 4 is 50.7 Å². The smallest absolute Gasteiger partial charge is 0.264 e. The van der Waals surface area contributed by atoms with Crippen molar-refractivity contribution < 1.29 is 22.7 Å². The minimum absolute atomic E-state index is 0.0120. The molecule has 0 heterocycles. The fourth-order valence-corrected chi connectivity index (χ4v) is 5.89. The Hall–Kier alpha value is -3.27. The number of anilines is 1. The summed E-state index contributed by atoms with van der Waals surface area (Å²) in [5.41, 5.74) is 0.749. The number of hydrogen-bond acceptors (Lipinski definition) is 5. The first-order chi connectivity index (χ1) is 19.1. The Morgan fingerprint density at radius 3 is 2.12 bits per heavy atom. The van der Waals surface area contributed by atoms with Gasteiger partial charge in [-0.1, -0.05) is 54.4 Å². The molecule has 0 saturated carbocycles. The molecule has 0 spiro atoms. The van der Waals surface area contributed by atoms with Gasteiger partial charge in [-0.25, -0.2) is 8.42 Å². The lowest BCUT2D eigenvalue weighted by Crippen LogP contribution is -2.51. The number of nitrogens with one attached hydrogen (secondary N) is 1. The van der Waals surface area contributed by atoms with Crippen molar-refractivity contribution in [2.24, 2.45) is 0 Å². The zero-order valence-corrected chi connectivity index (χ0v) is 25.0. The number of carbonyl (C=O) groups is 2. The number of rotatable bonds is 13. The van der Waals surface area contributed by atoms with Gasteiger partial charge >= 0.3 is 0 Å². The lowest BCUT2D eigenvalue weighted by Gasteiger charge is -2.32. The molecule has 2 amide bonds. The summed E-state index contributed by atoms with van der Waals surface area (Å²) in [6.45, 7) is 5.55. The standard InChI is InChI=1S/C29H33Cl2N3O5S/c1-4-18-32-29(36)21(3)33(19-25-26(30)12-9-13-27(25)31)28(35)20-34(22-10-7-6-8-11-22)40(37,38)24-16-14-23(15-17-24)39-5-2/h6-17,21H,4-5,18-20H2,1-3H3,(H,32,36)/t21-/m0/s1. The predicted octanol–water partition coefficient (Wildman–Crippen LogP) is 5.53. The normalized spacial score (nSPS) is 11.9. The summed E-state index contributed by atoms with van der Waals surface area (Å²) in [7, 11) is -4.19. The minimum atomic E-state index is -4.19. The molecule has 11 heteroatoms. The highest BCUT2D eigenvalue weighted by Gasteiger charge is 2.33. The van der Waals surface area contributed by atoms with E-state index in [0.29, 0.717) is 46.6 Å². The van der Waals surface area contributed by atoms with E-state index in [1.807, 2.05) is 13.8 Å². The average molecular weight is 607 g/mol. The first-order valence-electron chi connectivity index (χ1n) is 12.9. The van der Waals surface area contributed by atoms with Gasteiger partial charge in [-0.3, -0.25) is 13.9 Å². The molecule has 0 aliphatic heterocycles. The van der Waals surface area contributed by atoms with Gasteiger partial charge in [-0.15, -0.1) is 0 Å². The van der Waals surface area contributed by atoms with Crippen molar-refractivity contribution in [3.8, 4) is 5.75 Å². The molecule has 1 N–H and O–H groups in total. The van der Waals surface area contributed by atoms with Crippen LogP contribution in [0.5, 0.6) is 5.75 Å². The zero-order valence-electron chi connectivity index (χ0n) is 22.6. The number of nitrogens with zero attached hydrogens (tertiary/aromatic N) is 2. The van der Waals surface area contributed by atoms with Gasteiger partial charge < -0.3 is 15.0 Å². The molecule has 40 heavy (non-hydrogen) atoms. The van der Waals surface area contributed by atoms with Crippen LogP contribution in [-0.4, -0.2) is 50.9 Å². The Bertz CT molecular complexity index is 1380. The van der Waals surface area contributed by atoms with Crippen LogP contribution in [-0.2, 0) is 26.2 Å². The molecule has 1 atom stereocenters. The second-order valence-corrected chi connectivity index (χ2v) is 11.6. The monoisotopic (exact) mass is 605 g/mol. The van der Waals surface area contributed by atoms with E-state index in [-0.39, 0.29) is 17.3 Å². The summed E-state index contributed by atoms with van der Waals surface area (Å²) < 4.78 is 34.2. The van der Waals surface area contributed by atoms with E-state index in [9.17, 15) is 18.0 Å². The minimum Gasteiger partial charge on any atom is -0.494 e. The van der Waals surface area contributed by atoms with Crippen LogP contribution in [0, 0.1) is 0 Å². The highest BCUT2D eigenvalue weighted by atomic mass is 35.5. The van der Waals surface area contributed by atoms with Crippen LogP contribution in [0.1, 0.15) is 32.8 Å². The van der Waals surface area contributed by atoms with E-state index in [4.69, 9.17) is 27.9 Å². The number of halogens is 2. The number of hydrogen-bond donors (Lipinski definition) is 1. The third-order valence-corrected chi connectivity index (χ3v) is 8.65. The van der Waals surface area contributed by atoms with E-state index < -0.39 is 28.5 Å². The van der Waals surface area contributed by atoms with Gasteiger partial charge in [0.25, 0.3) is 10.0 Å². The molecule has 0 radical (unpaired) electrons. The molecular weight excluding hydrogens is 573 g/mol. The lowest BCUT2D eigenvalue weighted by molar-refractivity contribution is -0.139. The van der Waals surface area contributed by atoms with Gasteiger partial charge in [-0.2, -0.15) is 0 Å². The van der Waals surface area contributed by atoms with Crippen molar-refractivity contribution in [2.45, 2.75) is 44.7 Å². The number of amides is 2. The molecule has 3 rings (SSSR count). The van der Waals surface area contributed by atoms with Gasteiger partial charge in [0.15, 0.2) is 0 Å². The summed E-state index contributed by atoms with van der Waals surface area (Å²) in [6.07, 6.45) is 0.713. The summed E-state index contributed by atoms with van der Waals surface area (Å²) in [6, 6.07) is 18.3. The van der Waals surface area contributed by atoms with E-state index >= 15 is 0 Å². The van der Waals surface area contributed by atoms with E-state index in [1.54, 1.807) is 67.6 Å². The maximum Gasteiger partial charge on any atom is 0.264 e. The Balaban J connectivity index is 2.02. The van der Waals surface area contributed by atoms with Crippen LogP contribution in [0.15, 0.2) is 77.7 Å².